The van der Waals surface area contributed by atoms with E-state index in [4.69, 9.17) is 23.2 Å². The van der Waals surface area contributed by atoms with Crippen LogP contribution in [-0.2, 0) is 10.0 Å². The van der Waals surface area contributed by atoms with Gasteiger partial charge in [-0.3, -0.25) is 4.72 Å². The van der Waals surface area contributed by atoms with Gasteiger partial charge in [0.05, 0.1) is 5.02 Å². The fourth-order valence-electron chi connectivity index (χ4n) is 0.822. The van der Waals surface area contributed by atoms with Gasteiger partial charge in [-0.05, 0) is 6.07 Å². The normalized spacial score (nSPS) is 11.5. The highest BCUT2D eigenvalue weighted by molar-refractivity contribution is 7.93. The number of anilines is 1. The van der Waals surface area contributed by atoms with Gasteiger partial charge in [0.2, 0.25) is 10.0 Å². The number of halogens is 4. The molecule has 8 heteroatoms. The van der Waals surface area contributed by atoms with Gasteiger partial charge in [0.15, 0.2) is 5.82 Å². The van der Waals surface area contributed by atoms with Gasteiger partial charge in [-0.15, -0.1) is 11.6 Å². The summed E-state index contributed by atoms with van der Waals surface area (Å²) in [6.45, 7) is 0. The van der Waals surface area contributed by atoms with E-state index in [0.29, 0.717) is 6.07 Å². The van der Waals surface area contributed by atoms with E-state index in [1.54, 1.807) is 4.72 Å². The molecular formula is C7H5Cl2F2NO2S. The second kappa shape index (κ2) is 4.51. The van der Waals surface area contributed by atoms with Crippen LogP contribution in [0.2, 0.25) is 5.02 Å². The van der Waals surface area contributed by atoms with E-state index >= 15 is 0 Å². The largest absolute Gasteiger partial charge is 0.278 e. The van der Waals surface area contributed by atoms with Crippen molar-refractivity contribution in [1.82, 2.24) is 0 Å². The number of hydrogen-bond donors (Lipinski definition) is 1. The molecule has 0 saturated heterocycles. The molecule has 1 rings (SSSR count). The molecule has 0 aliphatic rings. The molecule has 84 valence electrons. The van der Waals surface area contributed by atoms with Crippen molar-refractivity contribution in [3.63, 3.8) is 0 Å². The maximum absolute atomic E-state index is 13.1. The zero-order valence-electron chi connectivity index (χ0n) is 7.10. The third-order valence-electron chi connectivity index (χ3n) is 1.41. The standard InChI is InChI=1S/C7H5Cl2F2NO2S/c8-3-15(13,14)12-7-5(9)1-4(10)2-6(7)11/h1-2,12H,3H2. The molecule has 0 aliphatic heterocycles. The molecule has 0 radical (unpaired) electrons. The van der Waals surface area contributed by atoms with E-state index < -0.39 is 32.6 Å². The van der Waals surface area contributed by atoms with Gasteiger partial charge in [-0.2, -0.15) is 0 Å². The Morgan fingerprint density at radius 3 is 2.40 bits per heavy atom. The lowest BCUT2D eigenvalue weighted by Crippen LogP contribution is -2.15. The third-order valence-corrected chi connectivity index (χ3v) is 3.37. The van der Waals surface area contributed by atoms with Gasteiger partial charge >= 0.3 is 0 Å². The predicted molar refractivity (Wildman–Crippen MR) is 54.6 cm³/mol. The lowest BCUT2D eigenvalue weighted by molar-refractivity contribution is 0.583. The van der Waals surface area contributed by atoms with Crippen molar-refractivity contribution in [2.75, 3.05) is 9.93 Å². The van der Waals surface area contributed by atoms with Crippen molar-refractivity contribution < 1.29 is 17.2 Å². The van der Waals surface area contributed by atoms with E-state index in [2.05, 4.69) is 0 Å². The molecule has 0 amide bonds. The van der Waals surface area contributed by atoms with Crippen molar-refractivity contribution in [2.45, 2.75) is 0 Å². The lowest BCUT2D eigenvalue weighted by Gasteiger charge is -2.08. The third kappa shape index (κ3) is 3.19. The second-order valence-corrected chi connectivity index (χ2v) is 5.28. The van der Waals surface area contributed by atoms with Crippen LogP contribution in [0.5, 0.6) is 0 Å². The number of alkyl halides is 1. The van der Waals surface area contributed by atoms with Crippen molar-refractivity contribution in [1.29, 1.82) is 0 Å². The number of nitrogens with one attached hydrogen (secondary N) is 1. The van der Waals surface area contributed by atoms with Crippen LogP contribution in [0.25, 0.3) is 0 Å². The number of benzene rings is 1. The Kier molecular flexibility index (Phi) is 3.75. The molecule has 0 aliphatic carbocycles. The summed E-state index contributed by atoms with van der Waals surface area (Å²) < 4.78 is 49.5. The van der Waals surface area contributed by atoms with Crippen LogP contribution in [-0.4, -0.2) is 13.6 Å². The Bertz CT molecular complexity index is 455. The average Bonchev–Trinajstić information content (AvgIpc) is 2.11. The van der Waals surface area contributed by atoms with Gasteiger partial charge in [-0.1, -0.05) is 11.6 Å². The SMILES string of the molecule is O=S(=O)(CCl)Nc1c(F)cc(F)cc1Cl. The minimum absolute atomic E-state index is 0.374. The number of rotatable bonds is 3. The van der Waals surface area contributed by atoms with Crippen LogP contribution >= 0.6 is 23.2 Å². The molecular weight excluding hydrogens is 271 g/mol. The molecule has 0 fully saturated rings. The van der Waals surface area contributed by atoms with Gasteiger partial charge < -0.3 is 0 Å². The van der Waals surface area contributed by atoms with Crippen molar-refractivity contribution in [3.05, 3.63) is 28.8 Å². The first kappa shape index (κ1) is 12.5. The summed E-state index contributed by atoms with van der Waals surface area (Å²) in [5.41, 5.74) is -0.515. The molecule has 0 aromatic heterocycles. The van der Waals surface area contributed by atoms with Crippen LogP contribution in [0.4, 0.5) is 14.5 Å². The van der Waals surface area contributed by atoms with Crippen molar-refractivity contribution >= 4 is 38.9 Å². The quantitative estimate of drug-likeness (QED) is 0.862. The zero-order valence-corrected chi connectivity index (χ0v) is 9.43. The summed E-state index contributed by atoms with van der Waals surface area (Å²) in [6, 6.07) is 1.30. The van der Waals surface area contributed by atoms with Crippen LogP contribution in [0, 0.1) is 11.6 Å². The first-order valence-electron chi connectivity index (χ1n) is 3.57. The highest BCUT2D eigenvalue weighted by Gasteiger charge is 2.16. The molecule has 0 unspecified atom stereocenters. The Morgan fingerprint density at radius 1 is 1.33 bits per heavy atom. The van der Waals surface area contributed by atoms with Crippen LogP contribution in [0.1, 0.15) is 0 Å². The van der Waals surface area contributed by atoms with Gasteiger partial charge in [0.1, 0.15) is 16.7 Å². The van der Waals surface area contributed by atoms with E-state index in [1.165, 1.54) is 0 Å². The van der Waals surface area contributed by atoms with E-state index in [1.807, 2.05) is 0 Å². The maximum atomic E-state index is 13.1. The molecule has 0 saturated carbocycles. The number of sulfonamides is 1. The highest BCUT2D eigenvalue weighted by Crippen LogP contribution is 2.27. The summed E-state index contributed by atoms with van der Waals surface area (Å²) in [5.74, 6) is -2.00. The highest BCUT2D eigenvalue weighted by atomic mass is 35.5. The summed E-state index contributed by atoms with van der Waals surface area (Å²) >= 11 is 10.5. The Balaban J connectivity index is 3.17. The summed E-state index contributed by atoms with van der Waals surface area (Å²) in [6.07, 6.45) is 0. The molecule has 0 bridgehead atoms. The predicted octanol–water partition coefficient (Wildman–Crippen LogP) is 2.56. The van der Waals surface area contributed by atoms with E-state index in [-0.39, 0.29) is 5.02 Å². The van der Waals surface area contributed by atoms with Gasteiger partial charge in [0, 0.05) is 6.07 Å². The molecule has 3 nitrogen and oxygen atoms in total. The maximum Gasteiger partial charge on any atom is 0.246 e. The van der Waals surface area contributed by atoms with Gasteiger partial charge in [0.25, 0.3) is 0 Å². The Hall–Kier alpha value is -0.590. The first-order chi connectivity index (χ1) is 6.85. The minimum atomic E-state index is -3.86. The lowest BCUT2D eigenvalue weighted by atomic mass is 10.3. The second-order valence-electron chi connectivity index (χ2n) is 2.57. The fourth-order valence-corrected chi connectivity index (χ4v) is 1.86. The fraction of sp³-hybridized carbons (Fsp3) is 0.143. The van der Waals surface area contributed by atoms with Crippen LogP contribution < -0.4 is 4.72 Å². The topological polar surface area (TPSA) is 46.2 Å². The van der Waals surface area contributed by atoms with Crippen molar-refractivity contribution in [3.8, 4) is 0 Å². The van der Waals surface area contributed by atoms with Crippen LogP contribution in [0.15, 0.2) is 12.1 Å². The molecule has 1 aromatic carbocycles. The molecule has 1 N–H and O–H groups in total. The molecule has 0 atom stereocenters. The molecule has 1 aromatic rings. The minimum Gasteiger partial charge on any atom is -0.278 e. The van der Waals surface area contributed by atoms with E-state index in [9.17, 15) is 17.2 Å². The van der Waals surface area contributed by atoms with Gasteiger partial charge in [-0.25, -0.2) is 17.2 Å². The zero-order chi connectivity index (χ0) is 11.6. The first-order valence-corrected chi connectivity index (χ1v) is 6.13. The monoisotopic (exact) mass is 275 g/mol. The van der Waals surface area contributed by atoms with Crippen molar-refractivity contribution in [2.24, 2.45) is 0 Å². The Labute approximate surface area is 95.0 Å². The van der Waals surface area contributed by atoms with E-state index in [0.717, 1.165) is 6.07 Å². The van der Waals surface area contributed by atoms with Crippen LogP contribution in [0.3, 0.4) is 0 Å². The molecule has 15 heavy (non-hydrogen) atoms. The smallest absolute Gasteiger partial charge is 0.246 e. The summed E-state index contributed by atoms with van der Waals surface area (Å²) in [5, 5.41) is -1.12. The summed E-state index contributed by atoms with van der Waals surface area (Å²) in [4.78, 5) is 0. The number of hydrogen-bond acceptors (Lipinski definition) is 2. The average molecular weight is 276 g/mol. The Morgan fingerprint density at radius 2 is 1.93 bits per heavy atom. The molecule has 0 spiro atoms. The summed E-state index contributed by atoms with van der Waals surface area (Å²) in [7, 11) is -3.86. The molecule has 0 heterocycles.